The van der Waals surface area contributed by atoms with Gasteiger partial charge in [-0.2, -0.15) is 18.2 Å². The highest BCUT2D eigenvalue weighted by Gasteiger charge is 2.34. The number of benzene rings is 1. The van der Waals surface area contributed by atoms with Crippen molar-refractivity contribution in [1.82, 2.24) is 9.97 Å². The smallest absolute Gasteiger partial charge is 0.394 e. The summed E-state index contributed by atoms with van der Waals surface area (Å²) in [7, 11) is 0. The summed E-state index contributed by atoms with van der Waals surface area (Å²) in [5.74, 6) is -0.448. The van der Waals surface area contributed by atoms with E-state index in [0.717, 1.165) is 6.07 Å². The summed E-state index contributed by atoms with van der Waals surface area (Å²) in [6.07, 6.45) is -4.67. The summed E-state index contributed by atoms with van der Waals surface area (Å²) in [4.78, 5) is 7.53. The third-order valence-electron chi connectivity index (χ3n) is 3.55. The normalized spacial score (nSPS) is 13.0. The van der Waals surface area contributed by atoms with Gasteiger partial charge in [-0.25, -0.2) is 4.98 Å². The van der Waals surface area contributed by atoms with Crippen molar-refractivity contribution in [3.8, 4) is 0 Å². The number of rotatable bonds is 6. The molecule has 0 fully saturated rings. The molecule has 1 aromatic carbocycles. The number of hydrogen-bond acceptors (Lipinski definition) is 5. The number of halogens is 5. The molecule has 142 valence electrons. The highest BCUT2D eigenvalue weighted by atomic mass is 35.5. The predicted molar refractivity (Wildman–Crippen MR) is 96.1 cm³/mol. The summed E-state index contributed by atoms with van der Waals surface area (Å²) < 4.78 is 39.5. The number of nitrogens with one attached hydrogen (secondary N) is 2. The largest absolute Gasteiger partial charge is 0.433 e. The highest BCUT2D eigenvalue weighted by Crippen LogP contribution is 2.34. The summed E-state index contributed by atoms with van der Waals surface area (Å²) >= 11 is 12.1. The minimum Gasteiger partial charge on any atom is -0.394 e. The Bertz CT molecular complexity index is 751. The average Bonchev–Trinajstić information content (AvgIpc) is 2.55. The van der Waals surface area contributed by atoms with Crippen molar-refractivity contribution in [3.63, 3.8) is 0 Å². The molecule has 26 heavy (non-hydrogen) atoms. The molecule has 0 saturated carbocycles. The Balaban J connectivity index is 2.43. The minimum absolute atomic E-state index is 0.0486. The Hall–Kier alpha value is -1.77. The molecule has 3 N–H and O–H groups in total. The van der Waals surface area contributed by atoms with Crippen molar-refractivity contribution in [2.75, 3.05) is 17.2 Å². The first-order valence-corrected chi connectivity index (χ1v) is 8.42. The summed E-state index contributed by atoms with van der Waals surface area (Å²) in [6, 6.07) is 4.95. The third kappa shape index (κ3) is 5.12. The Morgan fingerprint density at radius 2 is 1.77 bits per heavy atom. The van der Waals surface area contributed by atoms with Crippen LogP contribution in [0.15, 0.2) is 24.3 Å². The number of anilines is 3. The monoisotopic (exact) mass is 408 g/mol. The van der Waals surface area contributed by atoms with Crippen molar-refractivity contribution >= 4 is 40.7 Å². The topological polar surface area (TPSA) is 70.1 Å². The van der Waals surface area contributed by atoms with E-state index in [1.165, 1.54) is 0 Å². The predicted octanol–water partition coefficient (Wildman–Crippen LogP) is 4.97. The van der Waals surface area contributed by atoms with Crippen LogP contribution in [0.4, 0.5) is 30.6 Å². The molecule has 1 heterocycles. The molecule has 0 bridgehead atoms. The first kappa shape index (κ1) is 20.5. The second-order valence-corrected chi connectivity index (χ2v) is 6.67. The van der Waals surface area contributed by atoms with Gasteiger partial charge in [0, 0.05) is 6.07 Å². The van der Waals surface area contributed by atoms with E-state index in [1.54, 1.807) is 18.2 Å². The van der Waals surface area contributed by atoms with E-state index in [1.807, 2.05) is 13.8 Å². The van der Waals surface area contributed by atoms with Gasteiger partial charge in [0.25, 0.3) is 0 Å². The van der Waals surface area contributed by atoms with Gasteiger partial charge in [0.2, 0.25) is 5.95 Å². The maximum atomic E-state index is 13.2. The van der Waals surface area contributed by atoms with E-state index in [2.05, 4.69) is 20.6 Å². The van der Waals surface area contributed by atoms with Gasteiger partial charge in [-0.05, 0) is 18.1 Å². The molecule has 0 aliphatic carbocycles. The Kier molecular flexibility index (Phi) is 6.54. The van der Waals surface area contributed by atoms with Gasteiger partial charge in [-0.1, -0.05) is 43.1 Å². The van der Waals surface area contributed by atoms with Crippen molar-refractivity contribution in [2.45, 2.75) is 26.1 Å². The molecule has 2 aromatic rings. The van der Waals surface area contributed by atoms with Gasteiger partial charge < -0.3 is 15.7 Å². The zero-order valence-electron chi connectivity index (χ0n) is 13.9. The second kappa shape index (κ2) is 8.28. The van der Waals surface area contributed by atoms with Gasteiger partial charge in [0.15, 0.2) is 5.69 Å². The van der Waals surface area contributed by atoms with Gasteiger partial charge in [0.1, 0.15) is 5.82 Å². The van der Waals surface area contributed by atoms with Gasteiger partial charge in [-0.15, -0.1) is 0 Å². The molecule has 0 saturated heterocycles. The first-order chi connectivity index (χ1) is 12.1. The molecule has 2 rings (SSSR count). The van der Waals surface area contributed by atoms with Gasteiger partial charge >= 0.3 is 6.18 Å². The molecule has 1 aromatic heterocycles. The quantitative estimate of drug-likeness (QED) is 0.628. The molecule has 10 heteroatoms. The number of hydrogen-bond donors (Lipinski definition) is 3. The molecular formula is C16H17Cl2F3N4O. The number of nitrogens with zero attached hydrogens (tertiary/aromatic N) is 2. The standard InChI is InChI=1S/C16H17Cl2F3N4O/c1-8(2)11(7-26)22-15-23-12(16(19,20)21)6-13(25-15)24-14-9(17)4-3-5-10(14)18/h3-6,8,11,26H,7H2,1-2H3,(H2,22,23,24,25)/t11-/m1/s1. The van der Waals surface area contributed by atoms with Crippen LogP contribution >= 0.6 is 23.2 Å². The fourth-order valence-corrected chi connectivity index (χ4v) is 2.55. The van der Waals surface area contributed by atoms with Crippen molar-refractivity contribution < 1.29 is 18.3 Å². The molecular weight excluding hydrogens is 392 g/mol. The minimum atomic E-state index is -4.67. The van der Waals surface area contributed by atoms with E-state index in [4.69, 9.17) is 23.2 Å². The van der Waals surface area contributed by atoms with Gasteiger partial charge in [-0.3, -0.25) is 0 Å². The Labute approximate surface area is 158 Å². The number of aliphatic hydroxyl groups is 1. The van der Waals surface area contributed by atoms with Crippen LogP contribution < -0.4 is 10.6 Å². The first-order valence-electron chi connectivity index (χ1n) is 7.66. The van der Waals surface area contributed by atoms with Gasteiger partial charge in [0.05, 0.1) is 28.4 Å². The lowest BCUT2D eigenvalue weighted by molar-refractivity contribution is -0.141. The number of para-hydroxylation sites is 1. The van der Waals surface area contributed by atoms with Crippen LogP contribution in [0.3, 0.4) is 0 Å². The highest BCUT2D eigenvalue weighted by molar-refractivity contribution is 6.39. The van der Waals surface area contributed by atoms with Crippen LogP contribution in [-0.2, 0) is 6.18 Å². The van der Waals surface area contributed by atoms with Crippen molar-refractivity contribution in [3.05, 3.63) is 40.0 Å². The number of alkyl halides is 3. The lowest BCUT2D eigenvalue weighted by atomic mass is 10.1. The molecule has 1 atom stereocenters. The average molecular weight is 409 g/mol. The lowest BCUT2D eigenvalue weighted by Crippen LogP contribution is -2.30. The van der Waals surface area contributed by atoms with Crippen molar-refractivity contribution in [2.24, 2.45) is 5.92 Å². The van der Waals surface area contributed by atoms with E-state index >= 15 is 0 Å². The zero-order valence-corrected chi connectivity index (χ0v) is 15.4. The second-order valence-electron chi connectivity index (χ2n) is 5.86. The third-order valence-corrected chi connectivity index (χ3v) is 4.18. The summed E-state index contributed by atoms with van der Waals surface area (Å²) in [5, 5.41) is 15.2. The van der Waals surface area contributed by atoms with Crippen LogP contribution in [-0.4, -0.2) is 27.7 Å². The molecule has 0 amide bonds. The fourth-order valence-electron chi connectivity index (χ4n) is 2.06. The maximum Gasteiger partial charge on any atom is 0.433 e. The number of aliphatic hydroxyl groups excluding tert-OH is 1. The van der Waals surface area contributed by atoms with E-state index in [-0.39, 0.29) is 40.0 Å². The van der Waals surface area contributed by atoms with Crippen LogP contribution in [0.2, 0.25) is 10.0 Å². The van der Waals surface area contributed by atoms with E-state index in [9.17, 15) is 18.3 Å². The fraction of sp³-hybridized carbons (Fsp3) is 0.375. The number of aromatic nitrogens is 2. The maximum absolute atomic E-state index is 13.2. The zero-order chi connectivity index (χ0) is 19.5. The molecule has 0 spiro atoms. The SMILES string of the molecule is CC(C)[C@@H](CO)Nc1nc(Nc2c(Cl)cccc2Cl)cc(C(F)(F)F)n1. The van der Waals surface area contributed by atoms with Crippen LogP contribution in [0.1, 0.15) is 19.5 Å². The summed E-state index contributed by atoms with van der Waals surface area (Å²) in [6.45, 7) is 3.34. The molecule has 0 unspecified atom stereocenters. The Morgan fingerprint density at radius 1 is 1.15 bits per heavy atom. The van der Waals surface area contributed by atoms with Crippen LogP contribution in [0.5, 0.6) is 0 Å². The van der Waals surface area contributed by atoms with E-state index in [0.29, 0.717) is 0 Å². The molecule has 0 radical (unpaired) electrons. The van der Waals surface area contributed by atoms with Crippen LogP contribution in [0, 0.1) is 5.92 Å². The molecule has 0 aliphatic rings. The lowest BCUT2D eigenvalue weighted by Gasteiger charge is -2.21. The summed E-state index contributed by atoms with van der Waals surface area (Å²) in [5.41, 5.74) is -0.905. The van der Waals surface area contributed by atoms with E-state index < -0.39 is 17.9 Å². The molecule has 0 aliphatic heterocycles. The van der Waals surface area contributed by atoms with Crippen molar-refractivity contribution in [1.29, 1.82) is 0 Å². The molecule has 5 nitrogen and oxygen atoms in total. The van der Waals surface area contributed by atoms with Crippen LogP contribution in [0.25, 0.3) is 0 Å². The Morgan fingerprint density at radius 3 is 2.27 bits per heavy atom.